The lowest BCUT2D eigenvalue weighted by Gasteiger charge is -2.04. The molecule has 0 N–H and O–H groups in total. The fourth-order valence-corrected chi connectivity index (χ4v) is 4.28. The molecule has 0 bridgehead atoms. The summed E-state index contributed by atoms with van der Waals surface area (Å²) in [6.07, 6.45) is 2.37. The molecular weight excluding hydrogens is 236 g/mol. The lowest BCUT2D eigenvalue weighted by molar-refractivity contribution is 1.55. The van der Waals surface area contributed by atoms with Crippen LogP contribution in [0.3, 0.4) is 0 Å². The average Bonchev–Trinajstić information content (AvgIpc) is 2.83. The summed E-state index contributed by atoms with van der Waals surface area (Å²) in [6.45, 7) is 0. The quantitative estimate of drug-likeness (QED) is 0.713. The molecule has 2 aromatic rings. The third-order valence-corrected chi connectivity index (χ3v) is 4.95. The monoisotopic (exact) mass is 253 g/mol. The normalized spacial score (nSPS) is 16.3. The van der Waals surface area contributed by atoms with E-state index in [2.05, 4.69) is 66.9 Å². The highest BCUT2D eigenvalue weighted by Gasteiger charge is 2.29. The molecule has 0 amide bonds. The second kappa shape index (κ2) is 5.03. The van der Waals surface area contributed by atoms with Crippen LogP contribution in [-0.4, -0.2) is 17.8 Å². The SMILES string of the molecule is C[S+]1CC(c2ccccc2)=C(c2ccccc2)C1. The van der Waals surface area contributed by atoms with Crippen LogP contribution in [0.25, 0.3) is 11.1 Å². The molecule has 0 aliphatic carbocycles. The van der Waals surface area contributed by atoms with Gasteiger partial charge in [0.15, 0.2) is 0 Å². The summed E-state index contributed by atoms with van der Waals surface area (Å²) in [7, 11) is 0.492. The Morgan fingerprint density at radius 1 is 0.667 bits per heavy atom. The Morgan fingerprint density at radius 3 is 1.44 bits per heavy atom. The lowest BCUT2D eigenvalue weighted by Crippen LogP contribution is -2.01. The first-order valence-corrected chi connectivity index (χ1v) is 8.24. The molecular formula is C17H17S+. The number of rotatable bonds is 2. The molecule has 0 nitrogen and oxygen atoms in total. The van der Waals surface area contributed by atoms with Crippen molar-refractivity contribution in [1.82, 2.24) is 0 Å². The third kappa shape index (κ3) is 2.23. The van der Waals surface area contributed by atoms with E-state index in [1.807, 2.05) is 0 Å². The largest absolute Gasteiger partial charge is 0.134 e. The van der Waals surface area contributed by atoms with E-state index in [1.165, 1.54) is 22.6 Å². The van der Waals surface area contributed by atoms with Gasteiger partial charge in [-0.05, 0) is 22.0 Å². The van der Waals surface area contributed by atoms with Gasteiger partial charge in [0.2, 0.25) is 0 Å². The molecule has 0 saturated carbocycles. The topological polar surface area (TPSA) is 0 Å². The minimum atomic E-state index is 0.492. The summed E-state index contributed by atoms with van der Waals surface area (Å²) < 4.78 is 0. The minimum Gasteiger partial charge on any atom is -0.0622 e. The second-order valence-corrected chi connectivity index (χ2v) is 6.90. The summed E-state index contributed by atoms with van der Waals surface area (Å²) in [5.74, 6) is 2.46. The summed E-state index contributed by atoms with van der Waals surface area (Å²) in [5, 5.41) is 0. The summed E-state index contributed by atoms with van der Waals surface area (Å²) in [6, 6.07) is 21.7. The highest BCUT2D eigenvalue weighted by atomic mass is 32.2. The van der Waals surface area contributed by atoms with Gasteiger partial charge in [0.1, 0.15) is 11.5 Å². The maximum atomic E-state index is 2.37. The van der Waals surface area contributed by atoms with E-state index in [-0.39, 0.29) is 0 Å². The van der Waals surface area contributed by atoms with Crippen LogP contribution in [0.15, 0.2) is 60.7 Å². The Labute approximate surface area is 112 Å². The van der Waals surface area contributed by atoms with Crippen molar-refractivity contribution in [3.05, 3.63) is 71.8 Å². The van der Waals surface area contributed by atoms with Crippen LogP contribution in [0, 0.1) is 0 Å². The van der Waals surface area contributed by atoms with E-state index >= 15 is 0 Å². The molecule has 0 fully saturated rings. The van der Waals surface area contributed by atoms with Crippen LogP contribution < -0.4 is 0 Å². The van der Waals surface area contributed by atoms with Crippen LogP contribution in [0.5, 0.6) is 0 Å². The zero-order valence-electron chi connectivity index (χ0n) is 10.6. The Morgan fingerprint density at radius 2 is 1.06 bits per heavy atom. The maximum Gasteiger partial charge on any atom is 0.134 e. The van der Waals surface area contributed by atoms with Gasteiger partial charge in [0, 0.05) is 11.1 Å². The summed E-state index contributed by atoms with van der Waals surface area (Å²) in [4.78, 5) is 0. The molecule has 0 atom stereocenters. The highest BCUT2D eigenvalue weighted by molar-refractivity contribution is 7.97. The molecule has 90 valence electrons. The molecule has 0 spiro atoms. The fourth-order valence-electron chi connectivity index (χ4n) is 2.51. The molecule has 1 aliphatic rings. The van der Waals surface area contributed by atoms with E-state index in [0.29, 0.717) is 10.9 Å². The Kier molecular flexibility index (Phi) is 3.24. The molecule has 1 aliphatic heterocycles. The van der Waals surface area contributed by atoms with Crippen molar-refractivity contribution in [2.24, 2.45) is 0 Å². The summed E-state index contributed by atoms with van der Waals surface area (Å²) >= 11 is 0. The molecule has 0 saturated heterocycles. The molecule has 1 heteroatoms. The molecule has 18 heavy (non-hydrogen) atoms. The van der Waals surface area contributed by atoms with E-state index in [0.717, 1.165) is 0 Å². The Balaban J connectivity index is 2.09. The molecule has 2 aromatic carbocycles. The average molecular weight is 253 g/mol. The van der Waals surface area contributed by atoms with Crippen LogP contribution in [-0.2, 0) is 10.9 Å². The van der Waals surface area contributed by atoms with E-state index in [4.69, 9.17) is 0 Å². The number of benzene rings is 2. The van der Waals surface area contributed by atoms with E-state index in [1.54, 1.807) is 11.1 Å². The lowest BCUT2D eigenvalue weighted by atomic mass is 9.97. The van der Waals surface area contributed by atoms with Gasteiger partial charge in [-0.3, -0.25) is 0 Å². The van der Waals surface area contributed by atoms with Gasteiger partial charge in [0.25, 0.3) is 0 Å². The molecule has 3 rings (SSSR count). The first-order chi connectivity index (χ1) is 8.84. The first-order valence-electron chi connectivity index (χ1n) is 6.26. The van der Waals surface area contributed by atoms with Crippen molar-refractivity contribution in [3.63, 3.8) is 0 Å². The Hall–Kier alpha value is -1.47. The zero-order valence-corrected chi connectivity index (χ0v) is 11.4. The fraction of sp³-hybridized carbons (Fsp3) is 0.176. The number of hydrogen-bond acceptors (Lipinski definition) is 0. The third-order valence-electron chi connectivity index (χ3n) is 3.39. The number of hydrogen-bond donors (Lipinski definition) is 0. The van der Waals surface area contributed by atoms with Crippen LogP contribution in [0.2, 0.25) is 0 Å². The molecule has 1 heterocycles. The minimum absolute atomic E-state index is 0.492. The van der Waals surface area contributed by atoms with Gasteiger partial charge >= 0.3 is 0 Å². The highest BCUT2D eigenvalue weighted by Crippen LogP contribution is 2.34. The molecule has 0 unspecified atom stereocenters. The van der Waals surface area contributed by atoms with Crippen molar-refractivity contribution < 1.29 is 0 Å². The molecule has 0 aromatic heterocycles. The standard InChI is InChI=1S/C17H17S/c1-18-12-16(14-8-4-2-5-9-14)17(13-18)15-10-6-3-7-11-15/h2-11H,12-13H2,1H3/q+1. The van der Waals surface area contributed by atoms with E-state index < -0.39 is 0 Å². The van der Waals surface area contributed by atoms with Crippen molar-refractivity contribution in [2.75, 3.05) is 17.8 Å². The first kappa shape index (κ1) is 11.6. The van der Waals surface area contributed by atoms with Crippen LogP contribution in [0.1, 0.15) is 11.1 Å². The summed E-state index contributed by atoms with van der Waals surface area (Å²) in [5.41, 5.74) is 5.89. The van der Waals surface area contributed by atoms with Gasteiger partial charge in [-0.2, -0.15) is 0 Å². The van der Waals surface area contributed by atoms with Gasteiger partial charge in [-0.15, -0.1) is 0 Å². The smallest absolute Gasteiger partial charge is 0.0622 e. The van der Waals surface area contributed by atoms with Gasteiger partial charge in [-0.1, -0.05) is 60.7 Å². The van der Waals surface area contributed by atoms with Gasteiger partial charge in [0.05, 0.1) is 6.26 Å². The predicted octanol–water partition coefficient (Wildman–Crippen LogP) is 3.86. The Bertz CT molecular complexity index is 503. The van der Waals surface area contributed by atoms with Gasteiger partial charge in [-0.25, -0.2) is 0 Å². The van der Waals surface area contributed by atoms with Crippen molar-refractivity contribution in [1.29, 1.82) is 0 Å². The van der Waals surface area contributed by atoms with Crippen molar-refractivity contribution in [3.8, 4) is 0 Å². The van der Waals surface area contributed by atoms with Gasteiger partial charge < -0.3 is 0 Å². The van der Waals surface area contributed by atoms with Crippen LogP contribution >= 0.6 is 0 Å². The van der Waals surface area contributed by atoms with Crippen LogP contribution in [0.4, 0.5) is 0 Å². The van der Waals surface area contributed by atoms with Crippen molar-refractivity contribution in [2.45, 2.75) is 0 Å². The second-order valence-electron chi connectivity index (χ2n) is 4.76. The maximum absolute atomic E-state index is 2.37. The molecule has 0 radical (unpaired) electrons. The predicted molar refractivity (Wildman–Crippen MR) is 82.7 cm³/mol. The van der Waals surface area contributed by atoms with E-state index in [9.17, 15) is 0 Å². The zero-order chi connectivity index (χ0) is 12.4. The van der Waals surface area contributed by atoms with Crippen molar-refractivity contribution >= 4 is 22.0 Å².